The number of nitrogens with zero attached hydrogens (tertiary/aromatic N) is 3. The van der Waals surface area contributed by atoms with E-state index in [2.05, 4.69) is 15.9 Å². The Kier molecular flexibility index (Phi) is 5.45. The van der Waals surface area contributed by atoms with Crippen LogP contribution in [-0.4, -0.2) is 27.1 Å². The standard InChI is InChI=1S/C17H17FN4OS/c18-14-8-4-5-9-15(14)23-12-16-20-21-17(24-11-10-19)22(16)13-6-2-1-3-7-13/h1-9H,10-12,19H2/p+1. The molecule has 0 saturated heterocycles. The van der Waals surface area contributed by atoms with Gasteiger partial charge in [0.1, 0.15) is 6.61 Å². The molecule has 0 spiro atoms. The minimum Gasteiger partial charge on any atom is -0.483 e. The summed E-state index contributed by atoms with van der Waals surface area (Å²) in [6.45, 7) is 0.932. The predicted octanol–water partition coefficient (Wildman–Crippen LogP) is 2.32. The second kappa shape index (κ2) is 7.94. The maximum Gasteiger partial charge on any atom is 0.196 e. The zero-order valence-electron chi connectivity index (χ0n) is 13.1. The van der Waals surface area contributed by atoms with Crippen molar-refractivity contribution in [1.82, 2.24) is 14.8 Å². The van der Waals surface area contributed by atoms with Gasteiger partial charge in [0, 0.05) is 5.69 Å². The molecule has 0 aliphatic heterocycles. The van der Waals surface area contributed by atoms with Crippen molar-refractivity contribution in [2.75, 3.05) is 12.3 Å². The van der Waals surface area contributed by atoms with Crippen molar-refractivity contribution < 1.29 is 14.9 Å². The van der Waals surface area contributed by atoms with E-state index in [1.807, 2.05) is 34.9 Å². The molecule has 24 heavy (non-hydrogen) atoms. The number of thioether (sulfide) groups is 1. The lowest BCUT2D eigenvalue weighted by Crippen LogP contribution is -2.51. The van der Waals surface area contributed by atoms with E-state index >= 15 is 0 Å². The summed E-state index contributed by atoms with van der Waals surface area (Å²) in [5.41, 5.74) is 4.80. The highest BCUT2D eigenvalue weighted by atomic mass is 32.2. The molecule has 0 amide bonds. The normalized spacial score (nSPS) is 10.8. The Morgan fingerprint density at radius 3 is 2.54 bits per heavy atom. The van der Waals surface area contributed by atoms with Crippen LogP contribution in [0.3, 0.4) is 0 Å². The third-order valence-corrected chi connectivity index (χ3v) is 4.30. The van der Waals surface area contributed by atoms with Crippen LogP contribution in [0.15, 0.2) is 59.8 Å². The van der Waals surface area contributed by atoms with Crippen LogP contribution >= 0.6 is 11.8 Å². The summed E-state index contributed by atoms with van der Waals surface area (Å²) in [6.07, 6.45) is 0. The van der Waals surface area contributed by atoms with Crippen molar-refractivity contribution >= 4 is 11.8 Å². The zero-order chi connectivity index (χ0) is 16.8. The summed E-state index contributed by atoms with van der Waals surface area (Å²) in [4.78, 5) is 0. The number of aromatic nitrogens is 3. The van der Waals surface area contributed by atoms with Crippen molar-refractivity contribution in [2.45, 2.75) is 11.8 Å². The lowest BCUT2D eigenvalue weighted by molar-refractivity contribution is -0.360. The molecule has 3 aromatic rings. The van der Waals surface area contributed by atoms with Gasteiger partial charge in [-0.25, -0.2) is 4.39 Å². The number of hydrogen-bond acceptors (Lipinski definition) is 4. The number of para-hydroxylation sites is 2. The Labute approximate surface area is 143 Å². The smallest absolute Gasteiger partial charge is 0.196 e. The summed E-state index contributed by atoms with van der Waals surface area (Å²) in [7, 11) is 0. The number of halogens is 1. The molecule has 0 aliphatic rings. The highest BCUT2D eigenvalue weighted by Crippen LogP contribution is 2.23. The van der Waals surface area contributed by atoms with Gasteiger partial charge in [0.2, 0.25) is 0 Å². The van der Waals surface area contributed by atoms with Crippen LogP contribution in [-0.2, 0) is 6.61 Å². The molecule has 3 rings (SSSR count). The average molecular weight is 345 g/mol. The Bertz CT molecular complexity index is 794. The predicted molar refractivity (Wildman–Crippen MR) is 90.6 cm³/mol. The molecule has 0 aliphatic carbocycles. The van der Waals surface area contributed by atoms with Gasteiger partial charge in [-0.3, -0.25) is 4.57 Å². The Morgan fingerprint density at radius 2 is 1.79 bits per heavy atom. The van der Waals surface area contributed by atoms with E-state index in [4.69, 9.17) is 4.74 Å². The molecule has 3 N–H and O–H groups in total. The van der Waals surface area contributed by atoms with E-state index in [0.717, 1.165) is 23.1 Å². The maximum absolute atomic E-state index is 13.7. The fourth-order valence-electron chi connectivity index (χ4n) is 2.19. The third-order valence-electron chi connectivity index (χ3n) is 3.28. The van der Waals surface area contributed by atoms with Gasteiger partial charge in [-0.15, -0.1) is 10.2 Å². The molecular weight excluding hydrogens is 327 g/mol. The average Bonchev–Trinajstić information content (AvgIpc) is 3.03. The minimum absolute atomic E-state index is 0.133. The molecular formula is C17H18FN4OS+. The minimum atomic E-state index is -0.394. The first kappa shape index (κ1) is 16.5. The van der Waals surface area contributed by atoms with Crippen LogP contribution in [0.5, 0.6) is 5.75 Å². The van der Waals surface area contributed by atoms with Gasteiger partial charge in [-0.1, -0.05) is 42.1 Å². The molecule has 7 heteroatoms. The number of quaternary nitrogens is 1. The topological polar surface area (TPSA) is 67.6 Å². The molecule has 2 aromatic carbocycles. The molecule has 1 aromatic heterocycles. The third kappa shape index (κ3) is 3.74. The second-order valence-corrected chi connectivity index (χ2v) is 6.05. The van der Waals surface area contributed by atoms with E-state index in [0.29, 0.717) is 5.82 Å². The number of rotatable bonds is 7. The second-order valence-electron chi connectivity index (χ2n) is 4.99. The Hall–Kier alpha value is -2.38. The SMILES string of the molecule is [NH3+]CCSc1nnc(COc2ccccc2F)n1-c1ccccc1. The molecule has 5 nitrogen and oxygen atoms in total. The number of hydrogen-bond donors (Lipinski definition) is 1. The Balaban J connectivity index is 1.87. The van der Waals surface area contributed by atoms with Gasteiger partial charge >= 0.3 is 0 Å². The van der Waals surface area contributed by atoms with Gasteiger partial charge in [-0.2, -0.15) is 0 Å². The van der Waals surface area contributed by atoms with Gasteiger partial charge in [0.15, 0.2) is 22.5 Å². The van der Waals surface area contributed by atoms with Crippen molar-refractivity contribution in [3.05, 3.63) is 66.2 Å². The summed E-state index contributed by atoms with van der Waals surface area (Å²) in [5, 5.41) is 9.23. The van der Waals surface area contributed by atoms with Crippen molar-refractivity contribution in [2.24, 2.45) is 0 Å². The lowest BCUT2D eigenvalue weighted by atomic mass is 10.3. The summed E-state index contributed by atoms with van der Waals surface area (Å²) >= 11 is 1.58. The summed E-state index contributed by atoms with van der Waals surface area (Å²) < 4.78 is 21.2. The first-order valence-electron chi connectivity index (χ1n) is 7.58. The first-order chi connectivity index (χ1) is 11.8. The molecule has 0 radical (unpaired) electrons. The van der Waals surface area contributed by atoms with E-state index in [1.54, 1.807) is 30.0 Å². The van der Waals surface area contributed by atoms with E-state index in [-0.39, 0.29) is 12.4 Å². The summed E-state index contributed by atoms with van der Waals surface area (Å²) in [6, 6.07) is 16.1. The van der Waals surface area contributed by atoms with Gasteiger partial charge in [-0.05, 0) is 24.3 Å². The van der Waals surface area contributed by atoms with Crippen LogP contribution in [0.25, 0.3) is 5.69 Å². The molecule has 0 unspecified atom stereocenters. The van der Waals surface area contributed by atoms with Gasteiger partial charge < -0.3 is 10.5 Å². The van der Waals surface area contributed by atoms with Crippen LogP contribution in [0.1, 0.15) is 5.82 Å². The van der Waals surface area contributed by atoms with Crippen LogP contribution in [0, 0.1) is 5.82 Å². The van der Waals surface area contributed by atoms with Gasteiger partial charge in [0.05, 0.1) is 12.3 Å². The van der Waals surface area contributed by atoms with Gasteiger partial charge in [0.25, 0.3) is 0 Å². The number of ether oxygens (including phenoxy) is 1. The maximum atomic E-state index is 13.7. The zero-order valence-corrected chi connectivity index (χ0v) is 13.9. The fraction of sp³-hybridized carbons (Fsp3) is 0.176. The largest absolute Gasteiger partial charge is 0.483 e. The molecule has 124 valence electrons. The van der Waals surface area contributed by atoms with Crippen molar-refractivity contribution in [1.29, 1.82) is 0 Å². The van der Waals surface area contributed by atoms with Crippen LogP contribution < -0.4 is 10.5 Å². The molecule has 0 fully saturated rings. The first-order valence-corrected chi connectivity index (χ1v) is 8.57. The van der Waals surface area contributed by atoms with E-state index < -0.39 is 5.82 Å². The number of benzene rings is 2. The monoisotopic (exact) mass is 345 g/mol. The quantitative estimate of drug-likeness (QED) is 0.667. The lowest BCUT2D eigenvalue weighted by Gasteiger charge is -2.11. The van der Waals surface area contributed by atoms with Crippen LogP contribution in [0.4, 0.5) is 4.39 Å². The highest BCUT2D eigenvalue weighted by Gasteiger charge is 2.15. The molecule has 0 saturated carbocycles. The summed E-state index contributed by atoms with van der Waals surface area (Å²) in [5.74, 6) is 1.28. The fourth-order valence-corrected chi connectivity index (χ4v) is 2.96. The molecule has 1 heterocycles. The molecule has 0 bridgehead atoms. The van der Waals surface area contributed by atoms with Crippen LogP contribution in [0.2, 0.25) is 0 Å². The van der Waals surface area contributed by atoms with E-state index in [1.165, 1.54) is 6.07 Å². The molecule has 0 atom stereocenters. The van der Waals surface area contributed by atoms with E-state index in [9.17, 15) is 4.39 Å². The highest BCUT2D eigenvalue weighted by molar-refractivity contribution is 7.99. The van der Waals surface area contributed by atoms with Crippen molar-refractivity contribution in [3.8, 4) is 11.4 Å². The Morgan fingerprint density at radius 1 is 1.04 bits per heavy atom. The van der Waals surface area contributed by atoms with Crippen molar-refractivity contribution in [3.63, 3.8) is 0 Å².